The van der Waals surface area contributed by atoms with E-state index in [1.54, 1.807) is 4.68 Å². The summed E-state index contributed by atoms with van der Waals surface area (Å²) in [6, 6.07) is 23.3. The summed E-state index contributed by atoms with van der Waals surface area (Å²) in [6.45, 7) is 0.505. The monoisotopic (exact) mass is 476 g/mol. The highest BCUT2D eigenvalue weighted by molar-refractivity contribution is 9.10. The molecule has 0 aliphatic carbocycles. The lowest BCUT2D eigenvalue weighted by Crippen LogP contribution is -2.01. The number of non-ortho nitro benzene ring substituents is 1. The number of aliphatic imine (C=N–C) groups is 1. The Kier molecular flexibility index (Phi) is 5.90. The molecule has 3 aromatic carbocycles. The fourth-order valence-electron chi connectivity index (χ4n) is 3.04. The highest BCUT2D eigenvalue weighted by Gasteiger charge is 2.12. The molecule has 0 saturated carbocycles. The van der Waals surface area contributed by atoms with Gasteiger partial charge in [-0.05, 0) is 23.8 Å². The summed E-state index contributed by atoms with van der Waals surface area (Å²) in [7, 11) is 0. The number of phenols is 1. The number of hydrogen-bond donors (Lipinski definition) is 1. The highest BCUT2D eigenvalue weighted by Crippen LogP contribution is 2.27. The van der Waals surface area contributed by atoms with Gasteiger partial charge in [-0.3, -0.25) is 10.1 Å². The van der Waals surface area contributed by atoms with E-state index in [2.05, 4.69) is 20.9 Å². The first-order valence-corrected chi connectivity index (χ1v) is 10.2. The Balaban J connectivity index is 1.73. The summed E-state index contributed by atoms with van der Waals surface area (Å²) in [5, 5.41) is 25.8. The lowest BCUT2D eigenvalue weighted by atomic mass is 10.1. The number of aromatic nitrogens is 2. The molecule has 0 atom stereocenters. The van der Waals surface area contributed by atoms with Gasteiger partial charge in [-0.15, -0.1) is 0 Å². The van der Waals surface area contributed by atoms with Gasteiger partial charge < -0.3 is 5.11 Å². The maximum absolute atomic E-state index is 11.0. The van der Waals surface area contributed by atoms with Gasteiger partial charge in [-0.1, -0.05) is 58.4 Å². The number of nitro benzene ring substituents is 1. The average Bonchev–Trinajstić information content (AvgIpc) is 3.16. The standard InChI is InChI=1S/C23H17BrN4O3/c24-19-8-6-17(7-9-19)21-13-23(27(26-21)15-16-4-2-1-3-5-16)25-14-18-12-20(28(30)31)10-11-22(18)29/h1-14,29H,15H2. The third-order valence-electron chi connectivity index (χ3n) is 4.63. The molecular weight excluding hydrogens is 460 g/mol. The minimum atomic E-state index is -0.512. The van der Waals surface area contributed by atoms with Crippen molar-refractivity contribution < 1.29 is 10.0 Å². The Hall–Kier alpha value is -3.78. The van der Waals surface area contributed by atoms with Crippen molar-refractivity contribution in [1.82, 2.24) is 9.78 Å². The van der Waals surface area contributed by atoms with Crippen LogP contribution in [0.25, 0.3) is 11.3 Å². The van der Waals surface area contributed by atoms with E-state index >= 15 is 0 Å². The Labute approximate surface area is 186 Å². The molecule has 0 spiro atoms. The molecule has 1 N–H and O–H groups in total. The van der Waals surface area contributed by atoms with Crippen LogP contribution in [0.15, 0.2) is 88.3 Å². The van der Waals surface area contributed by atoms with E-state index in [-0.39, 0.29) is 17.0 Å². The van der Waals surface area contributed by atoms with Crippen LogP contribution in [0.3, 0.4) is 0 Å². The van der Waals surface area contributed by atoms with Gasteiger partial charge in [0.1, 0.15) is 5.75 Å². The normalized spacial score (nSPS) is 11.1. The number of rotatable bonds is 6. The number of aromatic hydroxyl groups is 1. The van der Waals surface area contributed by atoms with E-state index in [1.807, 2.05) is 60.7 Å². The second-order valence-corrected chi connectivity index (χ2v) is 7.71. The van der Waals surface area contributed by atoms with Crippen molar-refractivity contribution in [2.45, 2.75) is 6.54 Å². The maximum Gasteiger partial charge on any atom is 0.270 e. The zero-order valence-electron chi connectivity index (χ0n) is 16.2. The molecule has 1 heterocycles. The Morgan fingerprint density at radius 3 is 2.52 bits per heavy atom. The van der Waals surface area contributed by atoms with E-state index in [0.717, 1.165) is 21.3 Å². The van der Waals surface area contributed by atoms with Gasteiger partial charge >= 0.3 is 0 Å². The van der Waals surface area contributed by atoms with Crippen LogP contribution in [0.2, 0.25) is 0 Å². The van der Waals surface area contributed by atoms with Gasteiger partial charge in [0.2, 0.25) is 0 Å². The second-order valence-electron chi connectivity index (χ2n) is 6.80. The molecule has 0 bridgehead atoms. The highest BCUT2D eigenvalue weighted by atomic mass is 79.9. The molecule has 31 heavy (non-hydrogen) atoms. The molecule has 0 amide bonds. The quantitative estimate of drug-likeness (QED) is 0.218. The molecule has 1 aromatic heterocycles. The lowest BCUT2D eigenvalue weighted by Gasteiger charge is -2.04. The lowest BCUT2D eigenvalue weighted by molar-refractivity contribution is -0.384. The largest absolute Gasteiger partial charge is 0.507 e. The van der Waals surface area contributed by atoms with Crippen LogP contribution in [-0.4, -0.2) is 26.0 Å². The first-order valence-electron chi connectivity index (χ1n) is 9.39. The SMILES string of the molecule is O=[N+]([O-])c1ccc(O)c(C=Nc2cc(-c3ccc(Br)cc3)nn2Cc2ccccc2)c1. The van der Waals surface area contributed by atoms with Gasteiger partial charge in [0.15, 0.2) is 5.82 Å². The Morgan fingerprint density at radius 1 is 1.06 bits per heavy atom. The van der Waals surface area contributed by atoms with Gasteiger partial charge in [-0.25, -0.2) is 9.67 Å². The molecule has 4 rings (SSSR count). The van der Waals surface area contributed by atoms with Crippen LogP contribution in [0.4, 0.5) is 11.5 Å². The predicted octanol–water partition coefficient (Wildman–Crippen LogP) is 5.73. The van der Waals surface area contributed by atoms with E-state index in [1.165, 1.54) is 24.4 Å². The number of halogens is 1. The molecular formula is C23H17BrN4O3. The van der Waals surface area contributed by atoms with Crippen LogP contribution in [0.1, 0.15) is 11.1 Å². The second kappa shape index (κ2) is 8.93. The van der Waals surface area contributed by atoms with Crippen molar-refractivity contribution in [3.05, 3.63) is 105 Å². The summed E-state index contributed by atoms with van der Waals surface area (Å²) in [5.74, 6) is 0.476. The maximum atomic E-state index is 11.0. The van der Waals surface area contributed by atoms with Gasteiger partial charge in [0.25, 0.3) is 5.69 Å². The Morgan fingerprint density at radius 2 is 1.81 bits per heavy atom. The van der Waals surface area contributed by atoms with Crippen molar-refractivity contribution in [1.29, 1.82) is 0 Å². The van der Waals surface area contributed by atoms with Crippen molar-refractivity contribution in [3.8, 4) is 17.0 Å². The zero-order valence-corrected chi connectivity index (χ0v) is 17.8. The molecule has 0 radical (unpaired) electrons. The molecule has 0 aliphatic rings. The molecule has 8 heteroatoms. The summed E-state index contributed by atoms with van der Waals surface area (Å²) in [4.78, 5) is 15.0. The summed E-state index contributed by atoms with van der Waals surface area (Å²) in [6.07, 6.45) is 1.41. The fraction of sp³-hybridized carbons (Fsp3) is 0.0435. The van der Waals surface area contributed by atoms with E-state index in [0.29, 0.717) is 12.4 Å². The number of nitro groups is 1. The smallest absolute Gasteiger partial charge is 0.270 e. The molecule has 0 saturated heterocycles. The molecule has 0 fully saturated rings. The molecule has 4 aromatic rings. The van der Waals surface area contributed by atoms with Crippen LogP contribution < -0.4 is 0 Å². The third-order valence-corrected chi connectivity index (χ3v) is 5.16. The Bertz CT molecular complexity index is 1250. The number of phenolic OH excluding ortho intramolecular Hbond substituents is 1. The van der Waals surface area contributed by atoms with Gasteiger partial charge in [0, 0.05) is 40.0 Å². The van der Waals surface area contributed by atoms with Crippen LogP contribution >= 0.6 is 15.9 Å². The van der Waals surface area contributed by atoms with E-state index in [9.17, 15) is 15.2 Å². The summed E-state index contributed by atoms with van der Waals surface area (Å²) >= 11 is 3.43. The first-order chi connectivity index (χ1) is 15.0. The number of benzene rings is 3. The summed E-state index contributed by atoms with van der Waals surface area (Å²) in [5.41, 5.74) is 2.88. The summed E-state index contributed by atoms with van der Waals surface area (Å²) < 4.78 is 2.73. The van der Waals surface area contributed by atoms with Crippen molar-refractivity contribution in [2.24, 2.45) is 4.99 Å². The molecule has 154 valence electrons. The molecule has 7 nitrogen and oxygen atoms in total. The van der Waals surface area contributed by atoms with Crippen LogP contribution in [-0.2, 0) is 6.54 Å². The molecule has 0 unspecified atom stereocenters. The van der Waals surface area contributed by atoms with Crippen molar-refractivity contribution in [3.63, 3.8) is 0 Å². The van der Waals surface area contributed by atoms with Gasteiger partial charge in [-0.2, -0.15) is 5.10 Å². The van der Waals surface area contributed by atoms with Crippen LogP contribution in [0.5, 0.6) is 5.75 Å². The molecule has 0 aliphatic heterocycles. The topological polar surface area (TPSA) is 93.6 Å². The average molecular weight is 477 g/mol. The van der Waals surface area contributed by atoms with Gasteiger partial charge in [0.05, 0.1) is 17.2 Å². The number of hydrogen-bond acceptors (Lipinski definition) is 5. The van der Waals surface area contributed by atoms with Crippen molar-refractivity contribution in [2.75, 3.05) is 0 Å². The zero-order chi connectivity index (χ0) is 21.8. The van der Waals surface area contributed by atoms with E-state index < -0.39 is 4.92 Å². The fourth-order valence-corrected chi connectivity index (χ4v) is 3.30. The minimum absolute atomic E-state index is 0.0865. The predicted molar refractivity (Wildman–Crippen MR) is 123 cm³/mol. The van der Waals surface area contributed by atoms with Crippen LogP contribution in [0, 0.1) is 10.1 Å². The first kappa shape index (κ1) is 20.5. The number of nitrogens with zero attached hydrogens (tertiary/aromatic N) is 4. The van der Waals surface area contributed by atoms with E-state index in [4.69, 9.17) is 5.10 Å². The minimum Gasteiger partial charge on any atom is -0.507 e. The van der Waals surface area contributed by atoms with Crippen molar-refractivity contribution >= 4 is 33.6 Å². The third kappa shape index (κ3) is 4.87.